The molecule has 2 fully saturated rings. The molecule has 0 amide bonds. The van der Waals surface area contributed by atoms with E-state index in [9.17, 15) is 5.11 Å². The van der Waals surface area contributed by atoms with E-state index in [1.807, 2.05) is 0 Å². The van der Waals surface area contributed by atoms with Crippen molar-refractivity contribution in [3.63, 3.8) is 0 Å². The Morgan fingerprint density at radius 3 is 1.63 bits per heavy atom. The summed E-state index contributed by atoms with van der Waals surface area (Å²) in [5, 5.41) is 12.9. The van der Waals surface area contributed by atoms with Crippen LogP contribution in [-0.4, -0.2) is 5.11 Å². The van der Waals surface area contributed by atoms with Crippen LogP contribution in [0.25, 0.3) is 0 Å². The molecule has 3 aliphatic rings. The second-order valence-corrected chi connectivity index (χ2v) is 14.7. The molecule has 8 rings (SSSR count). The van der Waals surface area contributed by atoms with Crippen molar-refractivity contribution in [3.05, 3.63) is 172 Å². The first-order valence-corrected chi connectivity index (χ1v) is 17.6. The third-order valence-electron chi connectivity index (χ3n) is 12.5. The van der Waals surface area contributed by atoms with Crippen LogP contribution in [0.15, 0.2) is 127 Å². The molecular formula is C45H46O. The Bertz CT molecular complexity index is 1720. The fraction of sp³-hybridized carbons (Fsp3) is 0.333. The van der Waals surface area contributed by atoms with Crippen LogP contribution in [0.1, 0.15) is 102 Å². The molecule has 0 bridgehead atoms. The molecule has 5 aromatic carbocycles. The molecule has 0 aromatic heterocycles. The highest BCUT2D eigenvalue weighted by atomic mass is 16.3. The molecule has 3 unspecified atom stereocenters. The fourth-order valence-electron chi connectivity index (χ4n) is 10.3. The molecule has 0 radical (unpaired) electrons. The minimum absolute atomic E-state index is 0.0497. The highest BCUT2D eigenvalue weighted by Crippen LogP contribution is 2.61. The summed E-state index contributed by atoms with van der Waals surface area (Å²) in [5.74, 6) is 3.60. The zero-order chi connectivity index (χ0) is 31.3. The zero-order valence-electron chi connectivity index (χ0n) is 27.3. The zero-order valence-corrected chi connectivity index (χ0v) is 27.3. The quantitative estimate of drug-likeness (QED) is 0.192. The van der Waals surface area contributed by atoms with Crippen molar-refractivity contribution in [2.24, 2.45) is 23.7 Å². The standard InChI is InChI=1S/C45H46O/c1-30-23-24-36-35(30)27-28-45(2)39(36)26-25-37-40(45)29-38(41(31-15-7-3-8-16-31)32-17-9-4-10-18-32)44(46)43(37)42(33-19-11-5-12-20-33)34-21-13-6-14-22-34/h3-22,29-30,35-36,39,41-42,46H,23-28H2,1-2H3/t30-,35?,36?,39?,45-/m0/s1. The number of aromatic hydroxyl groups is 1. The van der Waals surface area contributed by atoms with Gasteiger partial charge >= 0.3 is 0 Å². The maximum Gasteiger partial charge on any atom is 0.124 e. The molecule has 3 aliphatic carbocycles. The first-order chi connectivity index (χ1) is 22.5. The molecule has 232 valence electrons. The molecule has 46 heavy (non-hydrogen) atoms. The summed E-state index contributed by atoms with van der Waals surface area (Å²) < 4.78 is 0. The van der Waals surface area contributed by atoms with Gasteiger partial charge in [0, 0.05) is 23.0 Å². The molecular weight excluding hydrogens is 556 g/mol. The van der Waals surface area contributed by atoms with Crippen molar-refractivity contribution in [1.29, 1.82) is 0 Å². The minimum Gasteiger partial charge on any atom is -0.507 e. The van der Waals surface area contributed by atoms with E-state index in [-0.39, 0.29) is 17.3 Å². The molecule has 0 heterocycles. The molecule has 2 saturated carbocycles. The van der Waals surface area contributed by atoms with Crippen molar-refractivity contribution in [2.75, 3.05) is 0 Å². The van der Waals surface area contributed by atoms with Crippen LogP contribution in [0.2, 0.25) is 0 Å². The summed E-state index contributed by atoms with van der Waals surface area (Å²) in [6, 6.07) is 46.0. The van der Waals surface area contributed by atoms with Gasteiger partial charge in [-0.25, -0.2) is 0 Å². The lowest BCUT2D eigenvalue weighted by molar-refractivity contribution is 0.0614. The van der Waals surface area contributed by atoms with Gasteiger partial charge in [0.1, 0.15) is 5.75 Å². The summed E-state index contributed by atoms with van der Waals surface area (Å²) in [5.41, 5.74) is 10.1. The van der Waals surface area contributed by atoms with Gasteiger partial charge < -0.3 is 5.11 Å². The van der Waals surface area contributed by atoms with E-state index in [4.69, 9.17) is 0 Å². The van der Waals surface area contributed by atoms with Gasteiger partial charge in [0.25, 0.3) is 0 Å². The summed E-state index contributed by atoms with van der Waals surface area (Å²) in [7, 11) is 0. The monoisotopic (exact) mass is 602 g/mol. The Morgan fingerprint density at radius 1 is 0.609 bits per heavy atom. The Labute approximate surface area is 275 Å². The third kappa shape index (κ3) is 4.82. The van der Waals surface area contributed by atoms with Crippen molar-refractivity contribution < 1.29 is 5.11 Å². The topological polar surface area (TPSA) is 20.2 Å². The van der Waals surface area contributed by atoms with E-state index in [1.54, 1.807) is 0 Å². The Balaban J connectivity index is 1.42. The largest absolute Gasteiger partial charge is 0.507 e. The van der Waals surface area contributed by atoms with Crippen LogP contribution in [0, 0.1) is 23.7 Å². The average Bonchev–Trinajstić information content (AvgIpc) is 3.48. The van der Waals surface area contributed by atoms with Crippen LogP contribution >= 0.6 is 0 Å². The highest BCUT2D eigenvalue weighted by Gasteiger charge is 2.53. The predicted octanol–water partition coefficient (Wildman–Crippen LogP) is 11.0. The number of hydrogen-bond donors (Lipinski definition) is 1. The van der Waals surface area contributed by atoms with Gasteiger partial charge in [0.15, 0.2) is 0 Å². The lowest BCUT2D eigenvalue weighted by atomic mass is 9.51. The molecule has 0 spiro atoms. The average molecular weight is 603 g/mol. The van der Waals surface area contributed by atoms with Gasteiger partial charge in [-0.3, -0.25) is 0 Å². The number of hydrogen-bond acceptors (Lipinski definition) is 1. The van der Waals surface area contributed by atoms with E-state index in [0.717, 1.165) is 35.3 Å². The summed E-state index contributed by atoms with van der Waals surface area (Å²) in [6.07, 6.45) is 7.59. The summed E-state index contributed by atoms with van der Waals surface area (Å²) in [4.78, 5) is 0. The van der Waals surface area contributed by atoms with Crippen LogP contribution in [0.3, 0.4) is 0 Å². The van der Waals surface area contributed by atoms with E-state index in [2.05, 4.69) is 141 Å². The number of phenols is 1. The number of fused-ring (bicyclic) bond motifs is 5. The molecule has 5 aromatic rings. The second kappa shape index (κ2) is 11.9. The van der Waals surface area contributed by atoms with E-state index >= 15 is 0 Å². The van der Waals surface area contributed by atoms with Crippen LogP contribution in [-0.2, 0) is 11.8 Å². The van der Waals surface area contributed by atoms with E-state index in [0.29, 0.717) is 11.7 Å². The van der Waals surface area contributed by atoms with Crippen molar-refractivity contribution in [2.45, 2.75) is 69.6 Å². The van der Waals surface area contributed by atoms with Crippen LogP contribution in [0.4, 0.5) is 0 Å². The van der Waals surface area contributed by atoms with E-state index in [1.165, 1.54) is 65.5 Å². The second-order valence-electron chi connectivity index (χ2n) is 14.7. The Hall–Kier alpha value is -4.10. The van der Waals surface area contributed by atoms with Gasteiger partial charge in [-0.2, -0.15) is 0 Å². The van der Waals surface area contributed by atoms with Gasteiger partial charge in [0.05, 0.1) is 0 Å². The lowest BCUT2D eigenvalue weighted by Crippen LogP contribution is -2.47. The maximum absolute atomic E-state index is 12.9. The molecule has 0 saturated heterocycles. The maximum atomic E-state index is 12.9. The molecule has 5 atom stereocenters. The molecule has 1 N–H and O–H groups in total. The van der Waals surface area contributed by atoms with Gasteiger partial charge in [-0.15, -0.1) is 0 Å². The highest BCUT2D eigenvalue weighted by molar-refractivity contribution is 5.63. The minimum atomic E-state index is -0.0644. The Morgan fingerprint density at radius 2 is 1.11 bits per heavy atom. The predicted molar refractivity (Wildman–Crippen MR) is 190 cm³/mol. The smallest absolute Gasteiger partial charge is 0.124 e. The van der Waals surface area contributed by atoms with E-state index < -0.39 is 0 Å². The number of benzene rings is 5. The van der Waals surface area contributed by atoms with Crippen LogP contribution in [0.5, 0.6) is 5.75 Å². The van der Waals surface area contributed by atoms with Gasteiger partial charge in [0.2, 0.25) is 0 Å². The summed E-state index contributed by atoms with van der Waals surface area (Å²) in [6.45, 7) is 5.10. The third-order valence-corrected chi connectivity index (χ3v) is 12.5. The van der Waals surface area contributed by atoms with Crippen molar-refractivity contribution >= 4 is 0 Å². The number of phenolic OH excluding ortho intramolecular Hbond substituents is 1. The normalized spacial score (nSPS) is 25.2. The first kappa shape index (κ1) is 29.3. The first-order valence-electron chi connectivity index (χ1n) is 17.6. The Kier molecular flexibility index (Phi) is 7.60. The fourth-order valence-corrected chi connectivity index (χ4v) is 10.3. The molecule has 1 heteroatoms. The number of rotatable bonds is 6. The van der Waals surface area contributed by atoms with Crippen LogP contribution < -0.4 is 0 Å². The van der Waals surface area contributed by atoms with Crippen molar-refractivity contribution in [1.82, 2.24) is 0 Å². The molecule has 0 aliphatic heterocycles. The molecule has 1 nitrogen and oxygen atoms in total. The van der Waals surface area contributed by atoms with Gasteiger partial charge in [-0.05, 0) is 94.6 Å². The van der Waals surface area contributed by atoms with Gasteiger partial charge in [-0.1, -0.05) is 148 Å². The van der Waals surface area contributed by atoms with Crippen molar-refractivity contribution in [3.8, 4) is 5.75 Å². The summed E-state index contributed by atoms with van der Waals surface area (Å²) >= 11 is 0. The SMILES string of the molecule is C[C@H]1CCC2C1CC[C@]1(C)c3cc(C(c4ccccc4)c4ccccc4)c(O)c(C(c4ccccc4)c4ccccc4)c3CCC21. The lowest BCUT2D eigenvalue weighted by Gasteiger charge is -2.53.